The van der Waals surface area contributed by atoms with E-state index in [1.165, 1.54) is 11.1 Å². The largest absolute Gasteiger partial charge is 0.493 e. The molecule has 15 nitrogen and oxygen atoms in total. The van der Waals surface area contributed by atoms with Crippen molar-refractivity contribution in [2.24, 2.45) is 0 Å². The Bertz CT molecular complexity index is 2780. The number of carbonyl (C=O) groups is 6. The number of hydrogen-bond acceptors (Lipinski definition) is 15. The third-order valence-corrected chi connectivity index (χ3v) is 15.0. The zero-order valence-electron chi connectivity index (χ0n) is 42.1. The predicted octanol–water partition coefficient (Wildman–Crippen LogP) is 9.48. The molecular weight excluding hydrogens is 1010 g/mol. The average Bonchev–Trinajstić information content (AvgIpc) is 4.05. The maximum absolute atomic E-state index is 11.6. The molecule has 6 aromatic rings. The quantitative estimate of drug-likeness (QED) is 0.0614. The van der Waals surface area contributed by atoms with Crippen LogP contribution < -0.4 is 30.2 Å². The van der Waals surface area contributed by atoms with E-state index in [1.54, 1.807) is 0 Å². The molecule has 390 valence electrons. The summed E-state index contributed by atoms with van der Waals surface area (Å²) in [7, 11) is 0. The van der Waals surface area contributed by atoms with Crippen LogP contribution in [0.25, 0.3) is 0 Å². The number of aromatic nitrogens is 3. The first-order valence-corrected chi connectivity index (χ1v) is 27.6. The normalized spacial score (nSPS) is 16.8. The van der Waals surface area contributed by atoms with Gasteiger partial charge in [-0.15, -0.1) is 0 Å². The number of aryl methyl sites for hydroxylation is 3. The number of nitrogens with one attached hydrogen (secondary N) is 3. The van der Waals surface area contributed by atoms with Gasteiger partial charge in [0.15, 0.2) is 0 Å². The number of amides is 6. The van der Waals surface area contributed by atoms with Crippen molar-refractivity contribution in [2.45, 2.75) is 94.3 Å². The Morgan fingerprint density at radius 1 is 0.440 bits per heavy atom. The summed E-state index contributed by atoms with van der Waals surface area (Å²) >= 11 is 3.15. The number of benzene rings is 3. The number of rotatable bonds is 21. The van der Waals surface area contributed by atoms with Crippen molar-refractivity contribution in [3.05, 3.63) is 178 Å². The zero-order chi connectivity index (χ0) is 52.9. The van der Waals surface area contributed by atoms with E-state index in [9.17, 15) is 28.8 Å². The minimum Gasteiger partial charge on any atom is -0.493 e. The van der Waals surface area contributed by atoms with Gasteiger partial charge in [0.25, 0.3) is 15.7 Å². The van der Waals surface area contributed by atoms with Gasteiger partial charge >= 0.3 is 0 Å². The Hall–Kier alpha value is -7.02. The number of hydrogen-bond donors (Lipinski definition) is 3. The standard InChI is InChI=1S/3C19H20N2O3S/c1-2-13-7-9-20-15(11-13)8-10-24-16-5-3-14(4-6-16)12-17-18(22)21-19(23)25-17;1-2-14-4-3-10-20-16(14)9-11-24-15-7-5-13(6-8-15)12-17-18(22)21-19(23)25-17;1-2-14-4-3-5-15(20-14)10-11-24-16-8-6-13(7-9-16)12-17-18(22)21-19(23)25-17/h3-7,9,11,17H,2,8,10,12H2,1H3,(H,21,22,23);3-8,10,17H,2,9,11-12H2,1H3,(H,21,22,23);3-9,17H,2,10-12H2,1H3,(H,21,22,23). The molecule has 3 unspecified atom stereocenters. The van der Waals surface area contributed by atoms with Crippen LogP contribution in [0.2, 0.25) is 0 Å². The summed E-state index contributed by atoms with van der Waals surface area (Å²) in [6, 6.07) is 37.2. The third kappa shape index (κ3) is 17.8. The zero-order valence-corrected chi connectivity index (χ0v) is 44.5. The van der Waals surface area contributed by atoms with Gasteiger partial charge in [-0.1, -0.05) is 105 Å². The second-order valence-corrected chi connectivity index (χ2v) is 21.0. The Labute approximate surface area is 449 Å². The summed E-state index contributed by atoms with van der Waals surface area (Å²) in [5.41, 5.74) is 9.79. The number of ether oxygens (including phenoxy) is 3. The van der Waals surface area contributed by atoms with Gasteiger partial charge in [0.1, 0.15) is 17.2 Å². The fourth-order valence-corrected chi connectivity index (χ4v) is 10.6. The fraction of sp³-hybridized carbons (Fsp3) is 0.316. The third-order valence-electron chi connectivity index (χ3n) is 12.1. The van der Waals surface area contributed by atoms with Crippen LogP contribution in [0.3, 0.4) is 0 Å². The van der Waals surface area contributed by atoms with Gasteiger partial charge in [0.2, 0.25) is 17.7 Å². The van der Waals surface area contributed by atoms with Crippen LogP contribution in [0.4, 0.5) is 14.4 Å². The first-order valence-electron chi connectivity index (χ1n) is 24.9. The van der Waals surface area contributed by atoms with Gasteiger partial charge in [-0.2, -0.15) is 0 Å². The van der Waals surface area contributed by atoms with Crippen LogP contribution in [0.15, 0.2) is 128 Å². The minimum absolute atomic E-state index is 0.211. The van der Waals surface area contributed by atoms with Crippen LogP contribution >= 0.6 is 35.3 Å². The molecule has 9 rings (SSSR count). The van der Waals surface area contributed by atoms with Crippen molar-refractivity contribution in [3.63, 3.8) is 0 Å². The Balaban J connectivity index is 0.000000164. The minimum atomic E-state index is -0.337. The molecule has 0 radical (unpaired) electrons. The van der Waals surface area contributed by atoms with E-state index in [0.717, 1.165) is 131 Å². The second kappa shape index (κ2) is 28.6. The lowest BCUT2D eigenvalue weighted by Crippen LogP contribution is -2.25. The summed E-state index contributed by atoms with van der Waals surface area (Å²) in [5.74, 6) is 1.73. The fourth-order valence-electron chi connectivity index (χ4n) is 7.97. The predicted molar refractivity (Wildman–Crippen MR) is 294 cm³/mol. The molecule has 0 bridgehead atoms. The Morgan fingerprint density at radius 3 is 1.32 bits per heavy atom. The van der Waals surface area contributed by atoms with Crippen LogP contribution in [-0.2, 0) is 72.2 Å². The topological polar surface area (TPSA) is 205 Å². The molecular formula is C57H60N6O9S3. The SMILES string of the molecule is CCc1cccc(CCOc2ccc(CC3SC(=O)NC3=O)cc2)n1.CCc1cccnc1CCOc1ccc(CC2SC(=O)NC2=O)cc1.CCc1ccnc(CCOc2ccc(CC3SC(=O)NC3=O)cc2)c1. The van der Waals surface area contributed by atoms with Crippen molar-refractivity contribution in [3.8, 4) is 17.2 Å². The maximum atomic E-state index is 11.6. The number of nitrogens with zero attached hydrogens (tertiary/aromatic N) is 3. The molecule has 3 aliphatic rings. The smallest absolute Gasteiger partial charge is 0.286 e. The van der Waals surface area contributed by atoms with E-state index >= 15 is 0 Å². The molecule has 0 saturated carbocycles. The summed E-state index contributed by atoms with van der Waals surface area (Å²) in [4.78, 5) is 81.7. The lowest BCUT2D eigenvalue weighted by Gasteiger charge is -2.10. The summed E-state index contributed by atoms with van der Waals surface area (Å²) < 4.78 is 17.3. The van der Waals surface area contributed by atoms with Gasteiger partial charge in [-0.3, -0.25) is 59.7 Å². The Kier molecular flexibility index (Phi) is 21.2. The number of thioether (sulfide) groups is 3. The van der Waals surface area contributed by atoms with Gasteiger partial charge < -0.3 is 14.2 Å². The first kappa shape index (κ1) is 55.7. The van der Waals surface area contributed by atoms with Crippen molar-refractivity contribution >= 4 is 68.7 Å². The van der Waals surface area contributed by atoms with Gasteiger partial charge in [0.05, 0.1) is 35.6 Å². The van der Waals surface area contributed by atoms with E-state index < -0.39 is 0 Å². The molecule has 6 heterocycles. The molecule has 0 spiro atoms. The summed E-state index contributed by atoms with van der Waals surface area (Å²) in [6.45, 7) is 8.04. The van der Waals surface area contributed by atoms with E-state index in [2.05, 4.69) is 63.8 Å². The molecule has 0 aliphatic carbocycles. The highest BCUT2D eigenvalue weighted by Gasteiger charge is 2.33. The van der Waals surface area contributed by atoms with Gasteiger partial charge in [-0.25, -0.2) is 0 Å². The molecule has 3 aliphatic heterocycles. The molecule has 3 atom stereocenters. The van der Waals surface area contributed by atoms with Crippen LogP contribution in [0.5, 0.6) is 17.2 Å². The van der Waals surface area contributed by atoms with Crippen molar-refractivity contribution in [1.82, 2.24) is 30.9 Å². The monoisotopic (exact) mass is 1070 g/mol. The van der Waals surface area contributed by atoms with Crippen LogP contribution in [0.1, 0.15) is 71.4 Å². The highest BCUT2D eigenvalue weighted by Crippen LogP contribution is 2.27. The molecule has 3 N–H and O–H groups in total. The number of pyridine rings is 3. The molecule has 18 heteroatoms. The van der Waals surface area contributed by atoms with Crippen LogP contribution in [0, 0.1) is 0 Å². The van der Waals surface area contributed by atoms with Crippen molar-refractivity contribution < 1.29 is 43.0 Å². The Morgan fingerprint density at radius 2 is 0.893 bits per heavy atom. The molecule has 3 aromatic heterocycles. The summed E-state index contributed by atoms with van der Waals surface area (Å²) in [6.07, 6.45) is 10.5. The van der Waals surface area contributed by atoms with E-state index in [0.29, 0.717) is 39.1 Å². The molecule has 3 fully saturated rings. The van der Waals surface area contributed by atoms with Gasteiger partial charge in [0, 0.05) is 54.4 Å². The maximum Gasteiger partial charge on any atom is 0.286 e. The lowest BCUT2D eigenvalue weighted by atomic mass is 10.1. The van der Waals surface area contributed by atoms with Crippen molar-refractivity contribution in [2.75, 3.05) is 19.8 Å². The highest BCUT2D eigenvalue weighted by molar-refractivity contribution is 8.15. The van der Waals surface area contributed by atoms with E-state index in [4.69, 9.17) is 14.2 Å². The number of carbonyl (C=O) groups excluding carboxylic acids is 6. The first-order chi connectivity index (χ1) is 36.4. The van der Waals surface area contributed by atoms with Crippen LogP contribution in [-0.4, -0.2) is 84.0 Å². The van der Waals surface area contributed by atoms with E-state index in [1.807, 2.05) is 116 Å². The molecule has 3 saturated heterocycles. The molecule has 3 aromatic carbocycles. The van der Waals surface area contributed by atoms with Gasteiger partial charge in [-0.05, 0) is 133 Å². The van der Waals surface area contributed by atoms with Crippen molar-refractivity contribution in [1.29, 1.82) is 0 Å². The molecule has 6 amide bonds. The molecule has 75 heavy (non-hydrogen) atoms. The second-order valence-electron chi connectivity index (χ2n) is 17.4. The highest BCUT2D eigenvalue weighted by atomic mass is 32.2. The number of imide groups is 3. The van der Waals surface area contributed by atoms with E-state index in [-0.39, 0.29) is 49.2 Å². The lowest BCUT2D eigenvalue weighted by molar-refractivity contribution is -0.119. The average molecular weight is 1070 g/mol. The summed E-state index contributed by atoms with van der Waals surface area (Å²) in [5, 5.41) is 5.10.